The fourth-order valence-electron chi connectivity index (χ4n) is 5.04. The van der Waals surface area contributed by atoms with Gasteiger partial charge in [0.15, 0.2) is 46.5 Å². The zero-order valence-corrected chi connectivity index (χ0v) is 22.0. The molecule has 1 aliphatic carbocycles. The first-order valence-corrected chi connectivity index (χ1v) is 12.1. The Morgan fingerprint density at radius 3 is 1.41 bits per heavy atom. The molecule has 1 aliphatic rings. The molecule has 0 aliphatic heterocycles. The van der Waals surface area contributed by atoms with Gasteiger partial charge in [0.25, 0.3) is 5.70 Å². The van der Waals surface area contributed by atoms with Gasteiger partial charge in [-0.15, -0.1) is 13.2 Å². The number of benzene rings is 4. The second kappa shape index (κ2) is 10.8. The van der Waals surface area contributed by atoms with E-state index in [1.54, 1.807) is 0 Å². The van der Waals surface area contributed by atoms with Crippen molar-refractivity contribution in [2.24, 2.45) is 0 Å². The van der Waals surface area contributed by atoms with Crippen molar-refractivity contribution in [1.82, 2.24) is 0 Å². The summed E-state index contributed by atoms with van der Waals surface area (Å²) < 4.78 is 187. The molecule has 0 aromatic heterocycles. The predicted octanol–water partition coefficient (Wildman–Crippen LogP) is 9.80. The quantitative estimate of drug-likeness (QED) is 0.0637. The van der Waals surface area contributed by atoms with Crippen LogP contribution in [0.15, 0.2) is 30.0 Å². The molecule has 0 fully saturated rings. The van der Waals surface area contributed by atoms with Gasteiger partial charge in [0.05, 0.1) is 23.8 Å². The number of aryl methyl sites for hydroxylation is 1. The molecule has 5 rings (SSSR count). The summed E-state index contributed by atoms with van der Waals surface area (Å²) in [4.78, 5) is 2.99. The zero-order valence-electron chi connectivity index (χ0n) is 22.0. The van der Waals surface area contributed by atoms with Crippen LogP contribution in [0.3, 0.4) is 0 Å². The highest BCUT2D eigenvalue weighted by Crippen LogP contribution is 2.53. The van der Waals surface area contributed by atoms with E-state index in [4.69, 9.17) is 6.57 Å². The van der Waals surface area contributed by atoms with Gasteiger partial charge in [-0.05, 0) is 58.5 Å². The second-order valence-electron chi connectivity index (χ2n) is 9.49. The summed E-state index contributed by atoms with van der Waals surface area (Å²) in [5, 5.41) is 9.58. The molecule has 0 radical (unpaired) electrons. The largest absolute Gasteiger partial charge is 0.573 e. The van der Waals surface area contributed by atoms with Crippen LogP contribution in [0.2, 0.25) is 0 Å². The van der Waals surface area contributed by atoms with Crippen LogP contribution in [0.5, 0.6) is 5.75 Å². The monoisotopic (exact) mass is 658 g/mol. The third-order valence-corrected chi connectivity index (χ3v) is 6.95. The van der Waals surface area contributed by atoms with Crippen molar-refractivity contribution in [1.29, 1.82) is 5.26 Å². The molecule has 0 bridgehead atoms. The van der Waals surface area contributed by atoms with Crippen molar-refractivity contribution in [2.75, 3.05) is 0 Å². The van der Waals surface area contributed by atoms with E-state index in [1.165, 1.54) is 6.07 Å². The second-order valence-corrected chi connectivity index (χ2v) is 9.49. The molecule has 4 aromatic carbocycles. The number of ether oxygens (including phenoxy) is 1. The molecule has 0 amide bonds. The van der Waals surface area contributed by atoms with Crippen LogP contribution < -0.4 is 4.74 Å². The Bertz CT molecular complexity index is 2080. The first kappa shape index (κ1) is 31.9. The molecule has 16 heteroatoms. The van der Waals surface area contributed by atoms with Crippen molar-refractivity contribution in [2.45, 2.75) is 13.3 Å². The molecule has 0 unspecified atom stereocenters. The Hall–Kier alpha value is -5.51. The number of hydrogen-bond acceptors (Lipinski definition) is 2. The van der Waals surface area contributed by atoms with Gasteiger partial charge in [-0.2, -0.15) is 0 Å². The molecule has 0 spiro atoms. The Labute approximate surface area is 247 Å². The molecule has 0 saturated heterocycles. The van der Waals surface area contributed by atoms with Crippen LogP contribution in [0, 0.1) is 83.0 Å². The maximum Gasteiger partial charge on any atom is 0.573 e. The number of fused-ring (bicyclic) bond motifs is 3. The molecule has 46 heavy (non-hydrogen) atoms. The first-order valence-electron chi connectivity index (χ1n) is 12.1. The van der Waals surface area contributed by atoms with E-state index in [1.807, 2.05) is 0 Å². The summed E-state index contributed by atoms with van der Waals surface area (Å²) in [6.45, 7) is 8.46. The fourth-order valence-corrected chi connectivity index (χ4v) is 5.04. The van der Waals surface area contributed by atoms with E-state index in [2.05, 4.69) is 9.58 Å². The molecule has 4 aromatic rings. The Morgan fingerprint density at radius 1 is 0.609 bits per heavy atom. The van der Waals surface area contributed by atoms with Gasteiger partial charge in [-0.25, -0.2) is 54.0 Å². The van der Waals surface area contributed by atoms with Crippen LogP contribution in [0.4, 0.5) is 57.1 Å². The fraction of sp³-hybridized carbons (Fsp3) is 0.0667. The zero-order chi connectivity index (χ0) is 34.2. The summed E-state index contributed by atoms with van der Waals surface area (Å²) >= 11 is 0. The summed E-state index contributed by atoms with van der Waals surface area (Å²) in [5.41, 5.74) is -8.67. The van der Waals surface area contributed by atoms with Crippen molar-refractivity contribution in [3.05, 3.63) is 116 Å². The van der Waals surface area contributed by atoms with Gasteiger partial charge in [-0.3, -0.25) is 0 Å². The van der Waals surface area contributed by atoms with E-state index >= 15 is 0 Å². The van der Waals surface area contributed by atoms with Crippen molar-refractivity contribution < 1.29 is 61.8 Å². The van der Waals surface area contributed by atoms with E-state index in [9.17, 15) is 62.3 Å². The normalized spacial score (nSPS) is 13.2. The number of allylic oxidation sites excluding steroid dienone is 1. The van der Waals surface area contributed by atoms with Gasteiger partial charge in [0, 0.05) is 11.1 Å². The third kappa shape index (κ3) is 4.68. The van der Waals surface area contributed by atoms with E-state index < -0.39 is 120 Å². The average molecular weight is 658 g/mol. The minimum atomic E-state index is -5.64. The van der Waals surface area contributed by atoms with Crippen LogP contribution >= 0.6 is 0 Å². The minimum Gasteiger partial charge on any atom is -0.405 e. The SMILES string of the molecule is [C-]#[N+]/C(C#N)=C1\c2cc(C)c(-c3c(F)c(F)c(F)c(F)c3F)cc2-c2cc(-c3c(F)c(F)c(F)c(F)c3F)c(OC(F)(F)F)cc21. The lowest BCUT2D eigenvalue weighted by Crippen LogP contribution is -2.18. The topological polar surface area (TPSA) is 37.4 Å². The van der Waals surface area contributed by atoms with Gasteiger partial charge in [-0.1, -0.05) is 6.07 Å². The number of alkyl halides is 3. The van der Waals surface area contributed by atoms with Crippen LogP contribution in [0.1, 0.15) is 16.7 Å². The lowest BCUT2D eigenvalue weighted by molar-refractivity contribution is -0.274. The first-order chi connectivity index (χ1) is 21.4. The Morgan fingerprint density at radius 2 is 1.00 bits per heavy atom. The van der Waals surface area contributed by atoms with E-state index in [-0.39, 0.29) is 11.1 Å². The Balaban J connectivity index is 1.96. The number of nitrogens with zero attached hydrogens (tertiary/aromatic N) is 2. The predicted molar refractivity (Wildman–Crippen MR) is 132 cm³/mol. The summed E-state index contributed by atoms with van der Waals surface area (Å²) in [5.74, 6) is -26.2. The highest BCUT2D eigenvalue weighted by molar-refractivity contribution is 6.06. The highest BCUT2D eigenvalue weighted by Gasteiger charge is 2.38. The van der Waals surface area contributed by atoms with Gasteiger partial charge >= 0.3 is 6.36 Å². The lowest BCUT2D eigenvalue weighted by atomic mass is 9.92. The van der Waals surface area contributed by atoms with Gasteiger partial charge < -0.3 is 4.74 Å². The molecule has 0 atom stereocenters. The van der Waals surface area contributed by atoms with E-state index in [0.29, 0.717) is 12.1 Å². The van der Waals surface area contributed by atoms with Gasteiger partial charge in [0.2, 0.25) is 11.6 Å². The summed E-state index contributed by atoms with van der Waals surface area (Å²) in [7, 11) is 0. The van der Waals surface area contributed by atoms with Crippen LogP contribution in [-0.2, 0) is 0 Å². The number of rotatable bonds is 3. The summed E-state index contributed by atoms with van der Waals surface area (Å²) in [6, 6.07) is 4.00. The third-order valence-electron chi connectivity index (χ3n) is 6.95. The molecular formula is C30H7F13N2O. The van der Waals surface area contributed by atoms with Crippen molar-refractivity contribution in [3.8, 4) is 45.2 Å². The molecule has 0 saturated carbocycles. The minimum absolute atomic E-state index is 0.249. The molecular weight excluding hydrogens is 651 g/mol. The van der Waals surface area contributed by atoms with Gasteiger partial charge in [0.1, 0.15) is 5.75 Å². The maximum atomic E-state index is 14.9. The number of hydrogen-bond donors (Lipinski definition) is 0. The van der Waals surface area contributed by atoms with Crippen LogP contribution in [0.25, 0.3) is 43.8 Å². The maximum absolute atomic E-state index is 14.9. The number of halogens is 13. The van der Waals surface area contributed by atoms with Crippen molar-refractivity contribution >= 4 is 5.57 Å². The molecule has 0 N–H and O–H groups in total. The standard InChI is InChI=1S/C30H7F13N2O/c1-8-3-12-10(4-9(8)18-20(31)24(35)28(39)25(36)21(18)32)11-5-14(19-22(33)26(37)29(40)27(38)23(19)34)16(46-30(41,42)43)6-13(11)17(12)15(7-44)45-2/h3-6H,1H3/b17-15+. The lowest BCUT2D eigenvalue weighted by Gasteiger charge is -2.18. The molecule has 234 valence electrons. The highest BCUT2D eigenvalue weighted by atomic mass is 19.4. The summed E-state index contributed by atoms with van der Waals surface area (Å²) in [6.07, 6.45) is -5.64. The molecule has 0 heterocycles. The number of nitriles is 1. The molecule has 3 nitrogen and oxygen atoms in total. The Kier molecular flexibility index (Phi) is 7.51. The smallest absolute Gasteiger partial charge is 0.405 e. The van der Waals surface area contributed by atoms with Crippen molar-refractivity contribution in [3.63, 3.8) is 0 Å². The van der Waals surface area contributed by atoms with Crippen LogP contribution in [-0.4, -0.2) is 6.36 Å². The van der Waals surface area contributed by atoms with E-state index in [0.717, 1.165) is 19.1 Å². The average Bonchev–Trinajstić information content (AvgIpc) is 3.29.